The fourth-order valence-corrected chi connectivity index (χ4v) is 2.90. The molecule has 0 spiro atoms. The van der Waals surface area contributed by atoms with Gasteiger partial charge in [0.15, 0.2) is 0 Å². The monoisotopic (exact) mass is 260 g/mol. The first-order chi connectivity index (χ1) is 9.33. The highest BCUT2D eigenvalue weighted by atomic mass is 16.5. The van der Waals surface area contributed by atoms with Crippen molar-refractivity contribution in [1.82, 2.24) is 9.88 Å². The first-order valence-corrected chi connectivity index (χ1v) is 7.11. The van der Waals surface area contributed by atoms with Gasteiger partial charge in [0, 0.05) is 32.4 Å². The molecule has 1 amide bonds. The molecule has 1 aromatic rings. The Balaban J connectivity index is 1.59. The molecule has 0 aromatic carbocycles. The molecule has 0 N–H and O–H groups in total. The summed E-state index contributed by atoms with van der Waals surface area (Å²) in [6.45, 7) is 3.13. The molecule has 3 heterocycles. The number of nitrogens with zero attached hydrogens (tertiary/aromatic N) is 2. The van der Waals surface area contributed by atoms with Gasteiger partial charge in [-0.2, -0.15) is 0 Å². The molecule has 0 bridgehead atoms. The zero-order valence-electron chi connectivity index (χ0n) is 11.2. The maximum absolute atomic E-state index is 12.3. The van der Waals surface area contributed by atoms with Gasteiger partial charge in [0.05, 0.1) is 12.2 Å². The lowest BCUT2D eigenvalue weighted by molar-refractivity contribution is -0.133. The summed E-state index contributed by atoms with van der Waals surface area (Å²) in [5, 5.41) is 0. The molecular formula is C15H20N2O2. The Morgan fingerprint density at radius 2 is 2.26 bits per heavy atom. The number of ether oxygens (including phenoxy) is 1. The Hall–Kier alpha value is -1.42. The molecule has 0 unspecified atom stereocenters. The molecule has 4 heteroatoms. The van der Waals surface area contributed by atoms with E-state index in [1.54, 1.807) is 0 Å². The third-order valence-electron chi connectivity index (χ3n) is 4.13. The van der Waals surface area contributed by atoms with Crippen molar-refractivity contribution in [1.29, 1.82) is 0 Å². The van der Waals surface area contributed by atoms with Crippen LogP contribution >= 0.6 is 0 Å². The fourth-order valence-electron chi connectivity index (χ4n) is 2.90. The van der Waals surface area contributed by atoms with Crippen molar-refractivity contribution >= 4 is 5.91 Å². The zero-order chi connectivity index (χ0) is 13.1. The summed E-state index contributed by atoms with van der Waals surface area (Å²) in [7, 11) is 0. The van der Waals surface area contributed by atoms with Crippen molar-refractivity contribution in [3.8, 4) is 0 Å². The predicted octanol–water partition coefficient (Wildman–Crippen LogP) is 1.78. The van der Waals surface area contributed by atoms with Gasteiger partial charge in [-0.15, -0.1) is 0 Å². The van der Waals surface area contributed by atoms with Crippen LogP contribution in [0.1, 0.15) is 30.5 Å². The Morgan fingerprint density at radius 1 is 1.42 bits per heavy atom. The summed E-state index contributed by atoms with van der Waals surface area (Å²) in [5.74, 6) is 0.787. The molecule has 2 aliphatic heterocycles. The van der Waals surface area contributed by atoms with Crippen molar-refractivity contribution in [2.75, 3.05) is 19.8 Å². The molecule has 0 saturated carbocycles. The normalized spacial score (nSPS) is 20.1. The van der Waals surface area contributed by atoms with Gasteiger partial charge in [0.2, 0.25) is 5.91 Å². The fraction of sp³-hybridized carbons (Fsp3) is 0.600. The van der Waals surface area contributed by atoms with E-state index in [-0.39, 0.29) is 5.91 Å². The van der Waals surface area contributed by atoms with Gasteiger partial charge >= 0.3 is 0 Å². The Kier molecular flexibility index (Phi) is 3.78. The van der Waals surface area contributed by atoms with Gasteiger partial charge in [0.25, 0.3) is 0 Å². The van der Waals surface area contributed by atoms with E-state index in [4.69, 9.17) is 4.74 Å². The number of hydrogen-bond donors (Lipinski definition) is 0. The number of amides is 1. The van der Waals surface area contributed by atoms with Crippen LogP contribution in [0.15, 0.2) is 18.3 Å². The van der Waals surface area contributed by atoms with Crippen LogP contribution < -0.4 is 0 Å². The largest absolute Gasteiger partial charge is 0.381 e. The topological polar surface area (TPSA) is 42.4 Å². The first-order valence-electron chi connectivity index (χ1n) is 7.11. The standard InChI is InChI=1S/C15H20N2O2/c18-15(10-12-4-8-19-9-5-12)17-7-3-13-2-1-6-16-14(13)11-17/h1-2,6,12H,3-5,7-11H2. The molecule has 0 radical (unpaired) electrons. The third kappa shape index (κ3) is 2.95. The van der Waals surface area contributed by atoms with Crippen LogP contribution in [0, 0.1) is 5.92 Å². The molecule has 1 aromatic heterocycles. The Labute approximate surface area is 113 Å². The van der Waals surface area contributed by atoms with Crippen LogP contribution in [0.5, 0.6) is 0 Å². The number of carbonyl (C=O) groups excluding carboxylic acids is 1. The van der Waals surface area contributed by atoms with Crippen molar-refractivity contribution in [2.45, 2.75) is 32.2 Å². The van der Waals surface area contributed by atoms with Crippen molar-refractivity contribution in [2.24, 2.45) is 5.92 Å². The van der Waals surface area contributed by atoms with Crippen LogP contribution in [-0.2, 0) is 22.5 Å². The smallest absolute Gasteiger partial charge is 0.223 e. The molecule has 2 aliphatic rings. The molecule has 0 atom stereocenters. The molecule has 1 fully saturated rings. The summed E-state index contributed by atoms with van der Waals surface area (Å²) in [6.07, 6.45) is 5.46. The molecular weight excluding hydrogens is 240 g/mol. The van der Waals surface area contributed by atoms with Gasteiger partial charge in [-0.3, -0.25) is 9.78 Å². The quantitative estimate of drug-likeness (QED) is 0.814. The molecule has 1 saturated heterocycles. The van der Waals surface area contributed by atoms with Gasteiger partial charge in [-0.05, 0) is 36.8 Å². The van der Waals surface area contributed by atoms with Crippen molar-refractivity contribution < 1.29 is 9.53 Å². The minimum atomic E-state index is 0.281. The SMILES string of the molecule is O=C(CC1CCOCC1)N1CCc2cccnc2C1. The molecule has 102 valence electrons. The summed E-state index contributed by atoms with van der Waals surface area (Å²) in [6, 6.07) is 4.08. The first kappa shape index (κ1) is 12.6. The summed E-state index contributed by atoms with van der Waals surface area (Å²) < 4.78 is 5.34. The molecule has 4 nitrogen and oxygen atoms in total. The third-order valence-corrected chi connectivity index (χ3v) is 4.13. The van der Waals surface area contributed by atoms with Crippen molar-refractivity contribution in [3.05, 3.63) is 29.6 Å². The number of pyridine rings is 1. The van der Waals surface area contributed by atoms with Crippen LogP contribution in [-0.4, -0.2) is 35.5 Å². The van der Waals surface area contributed by atoms with E-state index >= 15 is 0 Å². The zero-order valence-corrected chi connectivity index (χ0v) is 11.2. The van der Waals surface area contributed by atoms with Gasteiger partial charge in [-0.25, -0.2) is 0 Å². The van der Waals surface area contributed by atoms with E-state index in [1.165, 1.54) is 5.56 Å². The van der Waals surface area contributed by atoms with Crippen LogP contribution in [0.4, 0.5) is 0 Å². The highest BCUT2D eigenvalue weighted by Gasteiger charge is 2.24. The van der Waals surface area contributed by atoms with Crippen LogP contribution in [0.3, 0.4) is 0 Å². The van der Waals surface area contributed by atoms with Crippen LogP contribution in [0.25, 0.3) is 0 Å². The Bertz CT molecular complexity index is 455. The summed E-state index contributed by atoms with van der Waals surface area (Å²) in [5.41, 5.74) is 2.35. The lowest BCUT2D eigenvalue weighted by Crippen LogP contribution is -2.37. The number of carbonyl (C=O) groups is 1. The number of fused-ring (bicyclic) bond motifs is 1. The van der Waals surface area contributed by atoms with E-state index in [0.717, 1.165) is 44.7 Å². The highest BCUT2D eigenvalue weighted by Crippen LogP contribution is 2.22. The van der Waals surface area contributed by atoms with Gasteiger partial charge < -0.3 is 9.64 Å². The van der Waals surface area contributed by atoms with Gasteiger partial charge in [0.1, 0.15) is 0 Å². The summed E-state index contributed by atoms with van der Waals surface area (Å²) >= 11 is 0. The number of rotatable bonds is 2. The predicted molar refractivity (Wildman–Crippen MR) is 71.5 cm³/mol. The highest BCUT2D eigenvalue weighted by molar-refractivity contribution is 5.76. The molecule has 19 heavy (non-hydrogen) atoms. The molecule has 3 rings (SSSR count). The number of hydrogen-bond acceptors (Lipinski definition) is 3. The van der Waals surface area contributed by atoms with E-state index < -0.39 is 0 Å². The second-order valence-corrected chi connectivity index (χ2v) is 5.43. The number of aromatic nitrogens is 1. The lowest BCUT2D eigenvalue weighted by Gasteiger charge is -2.30. The van der Waals surface area contributed by atoms with E-state index in [0.29, 0.717) is 18.9 Å². The Morgan fingerprint density at radius 3 is 3.11 bits per heavy atom. The second-order valence-electron chi connectivity index (χ2n) is 5.43. The minimum Gasteiger partial charge on any atom is -0.381 e. The molecule has 0 aliphatic carbocycles. The van der Waals surface area contributed by atoms with Crippen molar-refractivity contribution in [3.63, 3.8) is 0 Å². The average molecular weight is 260 g/mol. The van der Waals surface area contributed by atoms with E-state index in [1.807, 2.05) is 17.2 Å². The maximum atomic E-state index is 12.3. The van der Waals surface area contributed by atoms with Crippen LogP contribution in [0.2, 0.25) is 0 Å². The van der Waals surface area contributed by atoms with E-state index in [9.17, 15) is 4.79 Å². The maximum Gasteiger partial charge on any atom is 0.223 e. The van der Waals surface area contributed by atoms with E-state index in [2.05, 4.69) is 11.1 Å². The summed E-state index contributed by atoms with van der Waals surface area (Å²) in [4.78, 5) is 18.7. The second kappa shape index (κ2) is 5.70. The van der Waals surface area contributed by atoms with Gasteiger partial charge in [-0.1, -0.05) is 6.07 Å². The lowest BCUT2D eigenvalue weighted by atomic mass is 9.95. The average Bonchev–Trinajstić information content (AvgIpc) is 2.48. The minimum absolute atomic E-state index is 0.281.